The topological polar surface area (TPSA) is 132 Å². The van der Waals surface area contributed by atoms with Crippen molar-refractivity contribution in [2.24, 2.45) is 0 Å². The van der Waals surface area contributed by atoms with Crippen molar-refractivity contribution in [3.05, 3.63) is 32.1 Å². The first-order chi connectivity index (χ1) is 8.81. The molecule has 1 amide bonds. The zero-order chi connectivity index (χ0) is 14.6. The predicted octanol–water partition coefficient (Wildman–Crippen LogP) is -1.11. The molecule has 0 bridgehead atoms. The van der Waals surface area contributed by atoms with Crippen LogP contribution >= 0.6 is 0 Å². The van der Waals surface area contributed by atoms with Crippen molar-refractivity contribution in [2.45, 2.75) is 32.7 Å². The molecule has 4 N–H and O–H groups in total. The van der Waals surface area contributed by atoms with E-state index in [2.05, 4.69) is 15.3 Å². The zero-order valence-electron chi connectivity index (χ0n) is 10.6. The van der Waals surface area contributed by atoms with Crippen LogP contribution in [0.3, 0.4) is 0 Å². The maximum absolute atomic E-state index is 11.5. The van der Waals surface area contributed by atoms with Gasteiger partial charge >= 0.3 is 11.7 Å². The van der Waals surface area contributed by atoms with Crippen LogP contribution in [0.15, 0.2) is 9.59 Å². The van der Waals surface area contributed by atoms with Crippen LogP contribution in [0.5, 0.6) is 0 Å². The maximum atomic E-state index is 11.5. The molecule has 104 valence electrons. The number of aliphatic carboxylic acids is 1. The molecule has 8 heteroatoms. The molecule has 0 aliphatic rings. The molecule has 19 heavy (non-hydrogen) atoms. The number of amides is 1. The van der Waals surface area contributed by atoms with Gasteiger partial charge in [0.25, 0.3) is 5.56 Å². The predicted molar refractivity (Wildman–Crippen MR) is 66.0 cm³/mol. The highest BCUT2D eigenvalue weighted by Gasteiger charge is 2.15. The number of aromatic nitrogens is 2. The summed E-state index contributed by atoms with van der Waals surface area (Å²) in [5, 5.41) is 10.9. The third kappa shape index (κ3) is 4.09. The molecule has 0 spiro atoms. The SMILES string of the molecule is Cc1[nH]c(=O)[nH]c(=O)c1CCC(=O)NC(C)C(=O)O. The van der Waals surface area contributed by atoms with Crippen LogP contribution in [0.2, 0.25) is 0 Å². The summed E-state index contributed by atoms with van der Waals surface area (Å²) in [6.45, 7) is 2.90. The number of aromatic amines is 2. The van der Waals surface area contributed by atoms with Crippen molar-refractivity contribution in [1.29, 1.82) is 0 Å². The van der Waals surface area contributed by atoms with Gasteiger partial charge in [-0.2, -0.15) is 0 Å². The second-order valence-corrected chi connectivity index (χ2v) is 4.14. The van der Waals surface area contributed by atoms with Crippen molar-refractivity contribution in [2.75, 3.05) is 0 Å². The van der Waals surface area contributed by atoms with E-state index < -0.39 is 29.2 Å². The van der Waals surface area contributed by atoms with Gasteiger partial charge in [-0.3, -0.25) is 19.4 Å². The van der Waals surface area contributed by atoms with Gasteiger partial charge < -0.3 is 15.4 Å². The summed E-state index contributed by atoms with van der Waals surface area (Å²) in [6.07, 6.45) is 0.0870. The fraction of sp³-hybridized carbons (Fsp3) is 0.455. The van der Waals surface area contributed by atoms with Crippen LogP contribution in [-0.2, 0) is 16.0 Å². The lowest BCUT2D eigenvalue weighted by Crippen LogP contribution is -2.38. The highest BCUT2D eigenvalue weighted by atomic mass is 16.4. The Morgan fingerprint density at radius 1 is 1.32 bits per heavy atom. The molecule has 1 aromatic rings. The van der Waals surface area contributed by atoms with Crippen molar-refractivity contribution in [1.82, 2.24) is 15.3 Å². The number of H-pyrrole nitrogens is 2. The number of carbonyl (C=O) groups excluding carboxylic acids is 1. The lowest BCUT2D eigenvalue weighted by Gasteiger charge is -2.09. The van der Waals surface area contributed by atoms with E-state index in [0.29, 0.717) is 11.3 Å². The summed E-state index contributed by atoms with van der Waals surface area (Å²) in [5.41, 5.74) is -0.443. The van der Waals surface area contributed by atoms with Crippen LogP contribution in [-0.4, -0.2) is 33.0 Å². The molecule has 0 aliphatic carbocycles. The van der Waals surface area contributed by atoms with Gasteiger partial charge in [0.05, 0.1) is 0 Å². The minimum absolute atomic E-state index is 0.0341. The molecule has 1 unspecified atom stereocenters. The number of nitrogens with one attached hydrogen (secondary N) is 3. The van der Waals surface area contributed by atoms with E-state index in [1.807, 2.05) is 0 Å². The third-order valence-corrected chi connectivity index (χ3v) is 2.60. The number of hydrogen-bond acceptors (Lipinski definition) is 4. The smallest absolute Gasteiger partial charge is 0.325 e. The van der Waals surface area contributed by atoms with Crippen LogP contribution in [0.25, 0.3) is 0 Å². The summed E-state index contributed by atoms with van der Waals surface area (Å²) in [5.74, 6) is -1.61. The lowest BCUT2D eigenvalue weighted by atomic mass is 10.1. The molecule has 0 fully saturated rings. The summed E-state index contributed by atoms with van der Waals surface area (Å²) >= 11 is 0. The Hall–Kier alpha value is -2.38. The molecule has 0 saturated heterocycles. The molecule has 8 nitrogen and oxygen atoms in total. The number of carboxylic acid groups (broad SMARTS) is 1. The Morgan fingerprint density at radius 3 is 2.47 bits per heavy atom. The van der Waals surface area contributed by atoms with E-state index in [1.165, 1.54) is 6.92 Å². The van der Waals surface area contributed by atoms with E-state index in [1.54, 1.807) is 6.92 Å². The normalized spacial score (nSPS) is 11.9. The fourth-order valence-corrected chi connectivity index (χ4v) is 1.54. The first-order valence-electron chi connectivity index (χ1n) is 5.65. The molecule has 1 heterocycles. The van der Waals surface area contributed by atoms with Crippen LogP contribution < -0.4 is 16.6 Å². The van der Waals surface area contributed by atoms with Gasteiger partial charge in [-0.1, -0.05) is 0 Å². The molecule has 1 atom stereocenters. The van der Waals surface area contributed by atoms with Gasteiger partial charge in [-0.25, -0.2) is 4.79 Å². The maximum Gasteiger partial charge on any atom is 0.325 e. The van der Waals surface area contributed by atoms with Crippen LogP contribution in [0.1, 0.15) is 24.6 Å². The minimum Gasteiger partial charge on any atom is -0.480 e. The molecule has 0 radical (unpaired) electrons. The second kappa shape index (κ2) is 5.98. The first-order valence-corrected chi connectivity index (χ1v) is 5.65. The molecule has 0 aromatic carbocycles. The zero-order valence-corrected chi connectivity index (χ0v) is 10.6. The first kappa shape index (κ1) is 14.7. The highest BCUT2D eigenvalue weighted by Crippen LogP contribution is 2.00. The highest BCUT2D eigenvalue weighted by molar-refractivity contribution is 5.83. The van der Waals surface area contributed by atoms with E-state index in [9.17, 15) is 19.2 Å². The second-order valence-electron chi connectivity index (χ2n) is 4.14. The van der Waals surface area contributed by atoms with Gasteiger partial charge in [0.1, 0.15) is 6.04 Å². The largest absolute Gasteiger partial charge is 0.480 e. The van der Waals surface area contributed by atoms with Crippen LogP contribution in [0, 0.1) is 6.92 Å². The average Bonchev–Trinajstić information content (AvgIpc) is 2.27. The Bertz CT molecular complexity index is 601. The number of carbonyl (C=O) groups is 2. The van der Waals surface area contributed by atoms with Crippen molar-refractivity contribution >= 4 is 11.9 Å². The quantitative estimate of drug-likeness (QED) is 0.538. The van der Waals surface area contributed by atoms with Crippen LogP contribution in [0.4, 0.5) is 0 Å². The lowest BCUT2D eigenvalue weighted by molar-refractivity contribution is -0.141. The monoisotopic (exact) mass is 269 g/mol. The van der Waals surface area contributed by atoms with Gasteiger partial charge in [-0.15, -0.1) is 0 Å². The summed E-state index contributed by atoms with van der Waals surface area (Å²) in [4.78, 5) is 49.0. The average molecular weight is 269 g/mol. The fourth-order valence-electron chi connectivity index (χ4n) is 1.54. The van der Waals surface area contributed by atoms with Gasteiger partial charge in [0, 0.05) is 17.7 Å². The molecule has 0 aliphatic heterocycles. The van der Waals surface area contributed by atoms with Gasteiger partial charge in [0.15, 0.2) is 0 Å². The van der Waals surface area contributed by atoms with E-state index in [-0.39, 0.29) is 12.8 Å². The minimum atomic E-state index is -1.13. The third-order valence-electron chi connectivity index (χ3n) is 2.60. The summed E-state index contributed by atoms with van der Waals surface area (Å²) in [7, 11) is 0. The Balaban J connectivity index is 2.68. The van der Waals surface area contributed by atoms with E-state index >= 15 is 0 Å². The Kier molecular flexibility index (Phi) is 4.62. The molecule has 1 aromatic heterocycles. The number of rotatable bonds is 5. The molecule has 0 saturated carbocycles. The van der Waals surface area contributed by atoms with Crippen molar-refractivity contribution in [3.63, 3.8) is 0 Å². The molecular weight excluding hydrogens is 254 g/mol. The Morgan fingerprint density at radius 2 is 1.95 bits per heavy atom. The molecular formula is C11H15N3O5. The summed E-state index contributed by atoms with van der Waals surface area (Å²) in [6, 6.07) is -0.984. The van der Waals surface area contributed by atoms with Gasteiger partial charge in [0.2, 0.25) is 5.91 Å². The van der Waals surface area contributed by atoms with E-state index in [4.69, 9.17) is 5.11 Å². The number of hydrogen-bond donors (Lipinski definition) is 4. The molecule has 1 rings (SSSR count). The standard InChI is InChI=1S/C11H15N3O5/c1-5-7(9(16)14-11(19)13-5)3-4-8(15)12-6(2)10(17)18/h6H,3-4H2,1-2H3,(H,12,15)(H,17,18)(H2,13,14,16,19). The number of aryl methyl sites for hydroxylation is 1. The number of carboxylic acids is 1. The summed E-state index contributed by atoms with van der Waals surface area (Å²) < 4.78 is 0. The van der Waals surface area contributed by atoms with Crippen molar-refractivity contribution in [3.8, 4) is 0 Å². The van der Waals surface area contributed by atoms with Gasteiger partial charge in [-0.05, 0) is 20.3 Å². The van der Waals surface area contributed by atoms with Crippen molar-refractivity contribution < 1.29 is 14.7 Å². The Labute approximate surface area is 107 Å². The van der Waals surface area contributed by atoms with E-state index in [0.717, 1.165) is 0 Å².